The number of ether oxygens (including phenoxy) is 1. The molecule has 81 valence electrons. The van der Waals surface area contributed by atoms with Crippen LogP contribution in [0.3, 0.4) is 0 Å². The summed E-state index contributed by atoms with van der Waals surface area (Å²) < 4.78 is 5.30. The van der Waals surface area contributed by atoms with Gasteiger partial charge < -0.3 is 14.9 Å². The first-order valence-electron chi connectivity index (χ1n) is 4.28. The van der Waals surface area contributed by atoms with Gasteiger partial charge in [-0.25, -0.2) is 0 Å². The van der Waals surface area contributed by atoms with Crippen LogP contribution in [-0.4, -0.2) is 22.9 Å². The van der Waals surface area contributed by atoms with Crippen molar-refractivity contribution in [3.8, 4) is 11.5 Å². The quantitative estimate of drug-likeness (QED) is 0.701. The Balaban J connectivity index is 0. The van der Waals surface area contributed by atoms with Crippen LogP contribution in [0.2, 0.25) is 0 Å². The Kier molecular flexibility index (Phi) is 11.4. The number of phenolic OH excluding ortho intramolecular Hbond substituents is 1. The number of aromatic hydroxyl groups is 1. The van der Waals surface area contributed by atoms with Crippen LogP contribution < -0.4 is 4.74 Å². The van der Waals surface area contributed by atoms with Gasteiger partial charge in [0.1, 0.15) is 11.5 Å². The molecule has 0 amide bonds. The Bertz CT molecular complexity index is 251. The van der Waals surface area contributed by atoms with E-state index in [1.807, 2.05) is 0 Å². The molecular formula is C10H14O3UV. The van der Waals surface area contributed by atoms with E-state index in [1.165, 1.54) is 0 Å². The second kappa shape index (κ2) is 9.63. The van der Waals surface area contributed by atoms with E-state index in [-0.39, 0.29) is 61.5 Å². The zero-order valence-electron chi connectivity index (χ0n) is 8.55. The summed E-state index contributed by atoms with van der Waals surface area (Å²) in [6.45, 7) is 2.21. The van der Waals surface area contributed by atoms with E-state index in [0.717, 1.165) is 0 Å². The number of phenols is 1. The topological polar surface area (TPSA) is 49.7 Å². The molecule has 0 heterocycles. The Morgan fingerprint density at radius 3 is 2.27 bits per heavy atom. The fourth-order valence-corrected chi connectivity index (χ4v) is 0.890. The van der Waals surface area contributed by atoms with Crippen LogP contribution in [0, 0.1) is 31.1 Å². The molecule has 1 rings (SSSR count). The summed E-state index contributed by atoms with van der Waals surface area (Å²) in [6, 6.07) is 6.52. The minimum Gasteiger partial charge on any atom is -0.508 e. The molecule has 0 aliphatic heterocycles. The molecule has 15 heavy (non-hydrogen) atoms. The zero-order chi connectivity index (χ0) is 9.68. The molecule has 0 fully saturated rings. The third kappa shape index (κ3) is 8.25. The molecule has 5 heteroatoms. The molecule has 0 saturated carbocycles. The van der Waals surface area contributed by atoms with Gasteiger partial charge in [-0.05, 0) is 31.2 Å². The Morgan fingerprint density at radius 1 is 1.27 bits per heavy atom. The van der Waals surface area contributed by atoms with E-state index in [4.69, 9.17) is 14.9 Å². The largest absolute Gasteiger partial charge is 0.508 e. The second-order valence-corrected chi connectivity index (χ2v) is 2.98. The van der Waals surface area contributed by atoms with Crippen molar-refractivity contribution in [2.75, 3.05) is 6.61 Å². The second-order valence-electron chi connectivity index (χ2n) is 2.98. The molecular weight excluding hydrogens is 457 g/mol. The molecule has 3 nitrogen and oxygen atoms in total. The molecule has 1 aromatic rings. The minimum atomic E-state index is -0.336. The fourth-order valence-electron chi connectivity index (χ4n) is 0.890. The fraction of sp³-hybridized carbons (Fsp3) is 0.400. The van der Waals surface area contributed by atoms with Crippen molar-refractivity contribution in [1.82, 2.24) is 0 Å². The first kappa shape index (κ1) is 17.8. The van der Waals surface area contributed by atoms with Gasteiger partial charge in [0.15, 0.2) is 0 Å². The summed E-state index contributed by atoms with van der Waals surface area (Å²) in [5.41, 5.74) is 0. The Morgan fingerprint density at radius 2 is 1.80 bits per heavy atom. The van der Waals surface area contributed by atoms with Crippen molar-refractivity contribution >= 4 is 0 Å². The first-order valence-corrected chi connectivity index (χ1v) is 4.28. The molecule has 2 N–H and O–H groups in total. The van der Waals surface area contributed by atoms with Gasteiger partial charge in [-0.2, -0.15) is 0 Å². The molecule has 1 atom stereocenters. The predicted molar refractivity (Wildman–Crippen MR) is 49.9 cm³/mol. The average Bonchev–Trinajstić information content (AvgIpc) is 2.08. The summed E-state index contributed by atoms with van der Waals surface area (Å²) in [5, 5.41) is 17.9. The average molecular weight is 471 g/mol. The summed E-state index contributed by atoms with van der Waals surface area (Å²) in [7, 11) is 0. The maximum Gasteiger partial charge on any atom is 0.119 e. The van der Waals surface area contributed by atoms with Gasteiger partial charge in [0.25, 0.3) is 0 Å². The van der Waals surface area contributed by atoms with Crippen molar-refractivity contribution in [3.05, 3.63) is 24.3 Å². The molecule has 0 spiro atoms. The zero-order valence-corrected chi connectivity index (χ0v) is 14.1. The van der Waals surface area contributed by atoms with Crippen LogP contribution in [0.5, 0.6) is 11.5 Å². The van der Waals surface area contributed by atoms with E-state index in [9.17, 15) is 0 Å². The van der Waals surface area contributed by atoms with E-state index in [1.54, 1.807) is 31.2 Å². The van der Waals surface area contributed by atoms with Crippen molar-refractivity contribution < 1.29 is 64.6 Å². The van der Waals surface area contributed by atoms with Crippen molar-refractivity contribution in [2.24, 2.45) is 0 Å². The van der Waals surface area contributed by atoms with Crippen LogP contribution in [0.1, 0.15) is 13.3 Å². The van der Waals surface area contributed by atoms with Gasteiger partial charge in [0.2, 0.25) is 0 Å². The van der Waals surface area contributed by atoms with E-state index in [2.05, 4.69) is 0 Å². The number of rotatable bonds is 4. The number of aliphatic hydroxyl groups is 1. The van der Waals surface area contributed by atoms with Gasteiger partial charge in [-0.1, -0.05) is 0 Å². The molecule has 1 unspecified atom stereocenters. The molecule has 1 aromatic carbocycles. The van der Waals surface area contributed by atoms with Crippen LogP contribution in [-0.2, 0) is 18.6 Å². The van der Waals surface area contributed by atoms with Gasteiger partial charge in [-0.15, -0.1) is 0 Å². The van der Waals surface area contributed by atoms with Gasteiger partial charge in [-0.3, -0.25) is 0 Å². The van der Waals surface area contributed by atoms with Crippen LogP contribution in [0.15, 0.2) is 24.3 Å². The van der Waals surface area contributed by atoms with Gasteiger partial charge in [0.05, 0.1) is 12.7 Å². The van der Waals surface area contributed by atoms with Gasteiger partial charge >= 0.3 is 0 Å². The predicted octanol–water partition coefficient (Wildman–Crippen LogP) is 1.54. The summed E-state index contributed by atoms with van der Waals surface area (Å²) in [6.07, 6.45) is 0.276. The Labute approximate surface area is 125 Å². The third-order valence-electron chi connectivity index (χ3n) is 1.64. The maximum absolute atomic E-state index is 8.97. The molecule has 0 aromatic heterocycles. The standard InChI is InChI=1S/C10H14O3.U.V/c1-8(11)6-7-13-10-4-2-9(12)3-5-10;;/h2-5,8,11-12H,6-7H2,1H3;;. The smallest absolute Gasteiger partial charge is 0.119 e. The van der Waals surface area contributed by atoms with Crippen LogP contribution in [0.25, 0.3) is 0 Å². The van der Waals surface area contributed by atoms with E-state index < -0.39 is 0 Å². The molecule has 1 radical (unpaired) electrons. The number of hydrogen-bond acceptors (Lipinski definition) is 3. The van der Waals surface area contributed by atoms with Gasteiger partial charge in [0, 0.05) is 56.1 Å². The monoisotopic (exact) mass is 471 g/mol. The van der Waals surface area contributed by atoms with Crippen molar-refractivity contribution in [1.29, 1.82) is 0 Å². The van der Waals surface area contributed by atoms with Crippen LogP contribution in [0.4, 0.5) is 0 Å². The Hall–Kier alpha value is 0.416. The minimum absolute atomic E-state index is 0. The van der Waals surface area contributed by atoms with E-state index in [0.29, 0.717) is 18.8 Å². The summed E-state index contributed by atoms with van der Waals surface area (Å²) in [5.74, 6) is 0.932. The SMILES string of the molecule is CC(O)CCOc1ccc(O)cc1.[U].[V]. The normalized spacial score (nSPS) is 10.8. The summed E-state index contributed by atoms with van der Waals surface area (Å²) in [4.78, 5) is 0. The van der Waals surface area contributed by atoms with Crippen molar-refractivity contribution in [2.45, 2.75) is 19.4 Å². The first-order chi connectivity index (χ1) is 6.18. The number of benzene rings is 1. The molecule has 0 bridgehead atoms. The molecule has 0 aliphatic rings. The van der Waals surface area contributed by atoms with E-state index >= 15 is 0 Å². The van der Waals surface area contributed by atoms with Crippen LogP contribution >= 0.6 is 0 Å². The number of aliphatic hydroxyl groups excluding tert-OH is 1. The number of hydrogen-bond donors (Lipinski definition) is 2. The molecule has 0 saturated heterocycles. The summed E-state index contributed by atoms with van der Waals surface area (Å²) >= 11 is 0. The maximum atomic E-state index is 8.97. The van der Waals surface area contributed by atoms with Crippen molar-refractivity contribution in [3.63, 3.8) is 0 Å². The third-order valence-corrected chi connectivity index (χ3v) is 1.64. The molecule has 0 aliphatic carbocycles.